The SMILES string of the molecule is CC(C)C(NC(=O)Cn1c(-c2ccccc2)ncc(NC(=O)OCc2ccccc2)c1=O)C(=O)c1nnc(C(C)(C)C)o1. The van der Waals surface area contributed by atoms with E-state index in [1.165, 1.54) is 6.20 Å². The molecule has 2 heterocycles. The summed E-state index contributed by atoms with van der Waals surface area (Å²) in [7, 11) is 0. The van der Waals surface area contributed by atoms with E-state index in [2.05, 4.69) is 25.8 Å². The zero-order chi connectivity index (χ0) is 31.1. The first kappa shape index (κ1) is 30.8. The highest BCUT2D eigenvalue weighted by atomic mass is 16.5. The Kier molecular flexibility index (Phi) is 9.49. The number of hydrogen-bond acceptors (Lipinski definition) is 9. The second-order valence-corrected chi connectivity index (χ2v) is 11.3. The number of carbonyl (C=O) groups excluding carboxylic acids is 3. The molecule has 4 aromatic rings. The molecule has 0 aliphatic rings. The Bertz CT molecular complexity index is 1640. The monoisotopic (exact) mass is 586 g/mol. The first-order chi connectivity index (χ1) is 20.4. The summed E-state index contributed by atoms with van der Waals surface area (Å²) in [6.07, 6.45) is 0.358. The van der Waals surface area contributed by atoms with Crippen molar-refractivity contribution in [2.75, 3.05) is 5.32 Å². The molecule has 2 aromatic carbocycles. The summed E-state index contributed by atoms with van der Waals surface area (Å²) >= 11 is 0. The maximum Gasteiger partial charge on any atom is 0.412 e. The number of aromatic nitrogens is 4. The third-order valence-corrected chi connectivity index (χ3v) is 6.37. The molecule has 0 aliphatic carbocycles. The minimum atomic E-state index is -1.00. The number of amides is 2. The number of ether oxygens (including phenoxy) is 1. The van der Waals surface area contributed by atoms with Crippen LogP contribution in [-0.2, 0) is 28.1 Å². The Morgan fingerprint density at radius 3 is 2.23 bits per heavy atom. The smallest absolute Gasteiger partial charge is 0.412 e. The Hall–Kier alpha value is -5.13. The highest BCUT2D eigenvalue weighted by Crippen LogP contribution is 2.22. The van der Waals surface area contributed by atoms with Gasteiger partial charge in [-0.1, -0.05) is 95.3 Å². The fourth-order valence-corrected chi connectivity index (χ4v) is 4.07. The molecule has 0 fully saturated rings. The van der Waals surface area contributed by atoms with Crippen molar-refractivity contribution in [3.63, 3.8) is 0 Å². The minimum absolute atomic E-state index is 0.000703. The summed E-state index contributed by atoms with van der Waals surface area (Å²) in [6, 6.07) is 16.9. The van der Waals surface area contributed by atoms with Crippen molar-refractivity contribution in [1.82, 2.24) is 25.1 Å². The predicted octanol–water partition coefficient (Wildman–Crippen LogP) is 4.36. The summed E-state index contributed by atoms with van der Waals surface area (Å²) in [5.74, 6) is -1.24. The lowest BCUT2D eigenvalue weighted by molar-refractivity contribution is -0.122. The Morgan fingerprint density at radius 2 is 1.63 bits per heavy atom. The van der Waals surface area contributed by atoms with E-state index in [-0.39, 0.29) is 29.9 Å². The zero-order valence-electron chi connectivity index (χ0n) is 24.7. The van der Waals surface area contributed by atoms with Crippen LogP contribution in [0.3, 0.4) is 0 Å². The van der Waals surface area contributed by atoms with Gasteiger partial charge < -0.3 is 14.5 Å². The molecule has 2 aromatic heterocycles. The molecule has 12 nitrogen and oxygen atoms in total. The molecule has 0 saturated carbocycles. The molecule has 12 heteroatoms. The Labute approximate surface area is 248 Å². The molecule has 0 aliphatic heterocycles. The average molecular weight is 587 g/mol. The third kappa shape index (κ3) is 7.79. The van der Waals surface area contributed by atoms with Crippen molar-refractivity contribution in [3.05, 3.63) is 94.6 Å². The van der Waals surface area contributed by atoms with Crippen molar-refractivity contribution in [2.45, 2.75) is 59.2 Å². The Balaban J connectivity index is 1.56. The highest BCUT2D eigenvalue weighted by Gasteiger charge is 2.32. The fraction of sp³-hybridized carbons (Fsp3) is 0.323. The summed E-state index contributed by atoms with van der Waals surface area (Å²) in [5, 5.41) is 13.0. The molecule has 1 unspecified atom stereocenters. The van der Waals surface area contributed by atoms with Crippen molar-refractivity contribution in [3.8, 4) is 11.4 Å². The standard InChI is InChI=1S/C31H34N6O6/c1-19(2)24(25(39)27-35-36-29(43-27)31(3,4)5)34-23(38)17-37-26(21-14-10-7-11-15-21)32-16-22(28(37)40)33-30(41)42-18-20-12-8-6-9-13-20/h6-16,19,24H,17-18H2,1-5H3,(H,33,41)(H,34,38). The number of hydrogen-bond donors (Lipinski definition) is 2. The van der Waals surface area contributed by atoms with Gasteiger partial charge in [0.2, 0.25) is 17.6 Å². The van der Waals surface area contributed by atoms with E-state index < -0.39 is 41.3 Å². The second kappa shape index (κ2) is 13.2. The van der Waals surface area contributed by atoms with Gasteiger partial charge in [-0.3, -0.25) is 24.3 Å². The largest absolute Gasteiger partial charge is 0.444 e. The molecule has 2 amide bonds. The number of nitrogens with one attached hydrogen (secondary N) is 2. The normalized spacial score (nSPS) is 12.0. The van der Waals surface area contributed by atoms with Crippen LogP contribution in [-0.4, -0.2) is 43.6 Å². The van der Waals surface area contributed by atoms with Gasteiger partial charge in [0.25, 0.3) is 11.4 Å². The second-order valence-electron chi connectivity index (χ2n) is 11.3. The van der Waals surface area contributed by atoms with Gasteiger partial charge in [-0.05, 0) is 11.5 Å². The molecule has 0 spiro atoms. The lowest BCUT2D eigenvalue weighted by Crippen LogP contribution is -2.46. The molecule has 2 N–H and O–H groups in total. The topological polar surface area (TPSA) is 158 Å². The van der Waals surface area contributed by atoms with Crippen LogP contribution in [0.1, 0.15) is 56.8 Å². The maximum atomic E-state index is 13.6. The van der Waals surface area contributed by atoms with Crippen LogP contribution in [0.25, 0.3) is 11.4 Å². The predicted molar refractivity (Wildman–Crippen MR) is 158 cm³/mol. The maximum absolute atomic E-state index is 13.6. The zero-order valence-corrected chi connectivity index (χ0v) is 24.7. The fourth-order valence-electron chi connectivity index (χ4n) is 4.07. The quantitative estimate of drug-likeness (QED) is 0.258. The summed E-state index contributed by atoms with van der Waals surface area (Å²) < 4.78 is 12.0. The van der Waals surface area contributed by atoms with Crippen LogP contribution in [0.5, 0.6) is 0 Å². The minimum Gasteiger partial charge on any atom is -0.444 e. The van der Waals surface area contributed by atoms with Crippen LogP contribution in [0.4, 0.5) is 10.5 Å². The third-order valence-electron chi connectivity index (χ3n) is 6.37. The number of ketones is 1. The van der Waals surface area contributed by atoms with E-state index in [0.717, 1.165) is 10.1 Å². The van der Waals surface area contributed by atoms with E-state index in [4.69, 9.17) is 9.15 Å². The van der Waals surface area contributed by atoms with Crippen molar-refractivity contribution >= 4 is 23.5 Å². The van der Waals surface area contributed by atoms with Gasteiger partial charge in [0.15, 0.2) is 0 Å². The van der Waals surface area contributed by atoms with Crippen molar-refractivity contribution in [1.29, 1.82) is 0 Å². The number of Topliss-reactive ketones (excluding diaryl/α,β-unsaturated/α-hetero) is 1. The molecule has 0 radical (unpaired) electrons. The van der Waals surface area contributed by atoms with Gasteiger partial charge in [0.05, 0.1) is 12.2 Å². The van der Waals surface area contributed by atoms with Crippen molar-refractivity contribution < 1.29 is 23.5 Å². The first-order valence-corrected chi connectivity index (χ1v) is 13.7. The number of anilines is 1. The van der Waals surface area contributed by atoms with Gasteiger partial charge in [-0.15, -0.1) is 10.2 Å². The van der Waals surface area contributed by atoms with Crippen molar-refractivity contribution in [2.24, 2.45) is 5.92 Å². The van der Waals surface area contributed by atoms with Gasteiger partial charge in [0.1, 0.15) is 24.7 Å². The van der Waals surface area contributed by atoms with Crippen LogP contribution in [0.15, 0.2) is 76.1 Å². The van der Waals surface area contributed by atoms with E-state index in [1.807, 2.05) is 39.0 Å². The molecule has 224 valence electrons. The van der Waals surface area contributed by atoms with Gasteiger partial charge in [-0.25, -0.2) is 9.78 Å². The number of benzene rings is 2. The highest BCUT2D eigenvalue weighted by molar-refractivity contribution is 5.98. The summed E-state index contributed by atoms with van der Waals surface area (Å²) in [4.78, 5) is 57.0. The van der Waals surface area contributed by atoms with Crippen LogP contribution >= 0.6 is 0 Å². The molecule has 4 rings (SSSR count). The molecular weight excluding hydrogens is 552 g/mol. The van der Waals surface area contributed by atoms with E-state index in [0.29, 0.717) is 11.5 Å². The van der Waals surface area contributed by atoms with Gasteiger partial charge in [0, 0.05) is 11.0 Å². The lowest BCUT2D eigenvalue weighted by atomic mass is 9.97. The van der Waals surface area contributed by atoms with Gasteiger partial charge >= 0.3 is 6.09 Å². The molecule has 0 saturated heterocycles. The molecule has 0 bridgehead atoms. The van der Waals surface area contributed by atoms with Crippen LogP contribution in [0, 0.1) is 5.92 Å². The van der Waals surface area contributed by atoms with Crippen LogP contribution < -0.4 is 16.2 Å². The summed E-state index contributed by atoms with van der Waals surface area (Å²) in [6.45, 7) is 8.66. The van der Waals surface area contributed by atoms with Gasteiger partial charge in [-0.2, -0.15) is 0 Å². The first-order valence-electron chi connectivity index (χ1n) is 13.7. The van der Waals surface area contributed by atoms with E-state index in [1.54, 1.807) is 56.3 Å². The number of rotatable bonds is 10. The van der Waals surface area contributed by atoms with E-state index in [9.17, 15) is 19.2 Å². The Morgan fingerprint density at radius 1 is 0.977 bits per heavy atom. The number of carbonyl (C=O) groups is 3. The number of nitrogens with zero attached hydrogens (tertiary/aromatic N) is 4. The van der Waals surface area contributed by atoms with E-state index >= 15 is 0 Å². The van der Waals surface area contributed by atoms with Crippen LogP contribution in [0.2, 0.25) is 0 Å². The molecule has 1 atom stereocenters. The molecular formula is C31H34N6O6. The summed E-state index contributed by atoms with van der Waals surface area (Å²) in [5.41, 5.74) is 0.0238. The molecule has 43 heavy (non-hydrogen) atoms. The lowest BCUT2D eigenvalue weighted by Gasteiger charge is -2.21. The average Bonchev–Trinajstić information content (AvgIpc) is 3.49.